The van der Waals surface area contributed by atoms with Crippen molar-refractivity contribution >= 4 is 0 Å². The van der Waals surface area contributed by atoms with Crippen LogP contribution in [0.15, 0.2) is 0 Å². The SMILES string of the molecule is CCCC(O)C#CC(OCC)OCC. The van der Waals surface area contributed by atoms with Gasteiger partial charge in [0.25, 0.3) is 0 Å². The first-order valence-corrected chi connectivity index (χ1v) is 5.16. The molecule has 0 saturated heterocycles. The van der Waals surface area contributed by atoms with Gasteiger partial charge in [-0.05, 0) is 26.2 Å². The molecule has 1 N–H and O–H groups in total. The molecule has 0 spiro atoms. The van der Waals surface area contributed by atoms with Crippen molar-refractivity contribution in [2.45, 2.75) is 46.0 Å². The van der Waals surface area contributed by atoms with Crippen LogP contribution in [0.3, 0.4) is 0 Å². The molecule has 14 heavy (non-hydrogen) atoms. The highest BCUT2D eigenvalue weighted by Crippen LogP contribution is 1.96. The highest BCUT2D eigenvalue weighted by atomic mass is 16.7. The van der Waals surface area contributed by atoms with E-state index in [0.29, 0.717) is 19.6 Å². The van der Waals surface area contributed by atoms with Crippen LogP contribution in [-0.2, 0) is 9.47 Å². The second-order valence-electron chi connectivity index (χ2n) is 2.84. The lowest BCUT2D eigenvalue weighted by molar-refractivity contribution is -0.0971. The lowest BCUT2D eigenvalue weighted by atomic mass is 10.2. The van der Waals surface area contributed by atoms with E-state index in [4.69, 9.17) is 9.47 Å². The Bertz CT molecular complexity index is 175. The van der Waals surface area contributed by atoms with Crippen LogP contribution in [0.4, 0.5) is 0 Å². The molecular weight excluding hydrogens is 180 g/mol. The van der Waals surface area contributed by atoms with E-state index in [0.717, 1.165) is 6.42 Å². The van der Waals surface area contributed by atoms with Crippen molar-refractivity contribution in [2.75, 3.05) is 13.2 Å². The molecule has 0 aliphatic rings. The monoisotopic (exact) mass is 200 g/mol. The van der Waals surface area contributed by atoms with Gasteiger partial charge in [-0.3, -0.25) is 0 Å². The second kappa shape index (κ2) is 9.01. The number of hydrogen-bond acceptors (Lipinski definition) is 3. The zero-order chi connectivity index (χ0) is 10.8. The standard InChI is InChI=1S/C11H20O3/c1-4-7-10(12)8-9-11(13-5-2)14-6-3/h10-12H,4-7H2,1-3H3. The van der Waals surface area contributed by atoms with E-state index >= 15 is 0 Å². The molecule has 0 bridgehead atoms. The second-order valence-corrected chi connectivity index (χ2v) is 2.84. The molecule has 3 nitrogen and oxygen atoms in total. The highest BCUT2D eigenvalue weighted by Gasteiger charge is 2.03. The van der Waals surface area contributed by atoms with Gasteiger partial charge >= 0.3 is 0 Å². The average molecular weight is 200 g/mol. The summed E-state index contributed by atoms with van der Waals surface area (Å²) in [6, 6.07) is 0. The molecule has 0 aromatic heterocycles. The van der Waals surface area contributed by atoms with Crippen LogP contribution in [0.5, 0.6) is 0 Å². The molecule has 0 fully saturated rings. The minimum atomic E-state index is -0.566. The van der Waals surface area contributed by atoms with Crippen molar-refractivity contribution < 1.29 is 14.6 Å². The summed E-state index contributed by atoms with van der Waals surface area (Å²) < 4.78 is 10.4. The van der Waals surface area contributed by atoms with Crippen LogP contribution in [0.25, 0.3) is 0 Å². The van der Waals surface area contributed by atoms with E-state index in [-0.39, 0.29) is 0 Å². The fourth-order valence-electron chi connectivity index (χ4n) is 0.944. The van der Waals surface area contributed by atoms with Crippen LogP contribution in [0.2, 0.25) is 0 Å². The molecule has 1 unspecified atom stereocenters. The summed E-state index contributed by atoms with van der Waals surface area (Å²) in [5.41, 5.74) is 0. The maximum absolute atomic E-state index is 9.35. The Balaban J connectivity index is 3.97. The van der Waals surface area contributed by atoms with Gasteiger partial charge in [-0.2, -0.15) is 0 Å². The number of ether oxygens (including phenoxy) is 2. The fraction of sp³-hybridized carbons (Fsp3) is 0.818. The summed E-state index contributed by atoms with van der Waals surface area (Å²) in [5.74, 6) is 5.47. The maximum Gasteiger partial charge on any atom is 0.222 e. The quantitative estimate of drug-likeness (QED) is 0.522. The Labute approximate surface area is 86.4 Å². The summed E-state index contributed by atoms with van der Waals surface area (Å²) in [6.07, 6.45) is 0.543. The Hall–Kier alpha value is -0.560. The first-order valence-electron chi connectivity index (χ1n) is 5.16. The lowest BCUT2D eigenvalue weighted by Gasteiger charge is -2.10. The van der Waals surface area contributed by atoms with Crippen LogP contribution in [0.1, 0.15) is 33.6 Å². The van der Waals surface area contributed by atoms with Gasteiger partial charge in [-0.15, -0.1) is 0 Å². The van der Waals surface area contributed by atoms with E-state index in [9.17, 15) is 5.11 Å². The maximum atomic E-state index is 9.35. The molecule has 3 heteroatoms. The third kappa shape index (κ3) is 6.90. The van der Waals surface area contributed by atoms with Gasteiger partial charge in [0, 0.05) is 13.2 Å². The molecule has 0 aromatic rings. The zero-order valence-corrected chi connectivity index (χ0v) is 9.25. The van der Waals surface area contributed by atoms with E-state index in [2.05, 4.69) is 11.8 Å². The van der Waals surface area contributed by atoms with Crippen LogP contribution >= 0.6 is 0 Å². The topological polar surface area (TPSA) is 38.7 Å². The van der Waals surface area contributed by atoms with Crippen molar-refractivity contribution in [1.82, 2.24) is 0 Å². The van der Waals surface area contributed by atoms with Crippen LogP contribution < -0.4 is 0 Å². The van der Waals surface area contributed by atoms with Gasteiger partial charge in [0.15, 0.2) is 0 Å². The summed E-state index contributed by atoms with van der Waals surface area (Å²) in [6.45, 7) is 6.90. The third-order valence-electron chi connectivity index (χ3n) is 1.57. The van der Waals surface area contributed by atoms with Gasteiger partial charge in [-0.1, -0.05) is 19.3 Å². The molecule has 0 radical (unpaired) electrons. The van der Waals surface area contributed by atoms with E-state index in [1.165, 1.54) is 0 Å². The van der Waals surface area contributed by atoms with E-state index < -0.39 is 12.4 Å². The third-order valence-corrected chi connectivity index (χ3v) is 1.57. The molecular formula is C11H20O3. The lowest BCUT2D eigenvalue weighted by Crippen LogP contribution is -2.15. The number of aliphatic hydroxyl groups is 1. The minimum Gasteiger partial charge on any atom is -0.380 e. The van der Waals surface area contributed by atoms with Crippen molar-refractivity contribution in [3.8, 4) is 11.8 Å². The first kappa shape index (κ1) is 13.4. The van der Waals surface area contributed by atoms with E-state index in [1.54, 1.807) is 0 Å². The normalized spacial score (nSPS) is 12.4. The molecule has 0 rings (SSSR count). The average Bonchev–Trinajstić information content (AvgIpc) is 2.15. The summed E-state index contributed by atoms with van der Waals surface area (Å²) in [7, 11) is 0. The predicted octanol–water partition coefficient (Wildman–Crippen LogP) is 1.55. The molecule has 0 heterocycles. The molecule has 0 amide bonds. The van der Waals surface area contributed by atoms with Crippen molar-refractivity contribution in [2.24, 2.45) is 0 Å². The summed E-state index contributed by atoms with van der Waals surface area (Å²) >= 11 is 0. The molecule has 82 valence electrons. The number of rotatable bonds is 6. The highest BCUT2D eigenvalue weighted by molar-refractivity contribution is 5.06. The Morgan fingerprint density at radius 1 is 1.07 bits per heavy atom. The predicted molar refractivity (Wildman–Crippen MR) is 55.7 cm³/mol. The van der Waals surface area contributed by atoms with Gasteiger partial charge in [0.05, 0.1) is 0 Å². The first-order chi connectivity index (χ1) is 6.74. The smallest absolute Gasteiger partial charge is 0.222 e. The van der Waals surface area contributed by atoms with Gasteiger partial charge < -0.3 is 14.6 Å². The largest absolute Gasteiger partial charge is 0.380 e. The number of aliphatic hydroxyl groups excluding tert-OH is 1. The van der Waals surface area contributed by atoms with Crippen LogP contribution in [0, 0.1) is 11.8 Å². The molecule has 0 aromatic carbocycles. The van der Waals surface area contributed by atoms with Gasteiger partial charge in [0.2, 0.25) is 6.29 Å². The molecule has 0 saturated carbocycles. The Kier molecular flexibility index (Phi) is 8.65. The fourth-order valence-corrected chi connectivity index (χ4v) is 0.944. The Morgan fingerprint density at radius 3 is 2.07 bits per heavy atom. The summed E-state index contributed by atoms with van der Waals surface area (Å²) in [5, 5.41) is 9.35. The van der Waals surface area contributed by atoms with Gasteiger partial charge in [-0.25, -0.2) is 0 Å². The molecule has 0 aliphatic carbocycles. The molecule has 1 atom stereocenters. The Morgan fingerprint density at radius 2 is 1.64 bits per heavy atom. The van der Waals surface area contributed by atoms with E-state index in [1.807, 2.05) is 20.8 Å². The van der Waals surface area contributed by atoms with Gasteiger partial charge in [0.1, 0.15) is 6.10 Å². The van der Waals surface area contributed by atoms with Crippen molar-refractivity contribution in [3.63, 3.8) is 0 Å². The van der Waals surface area contributed by atoms with Crippen molar-refractivity contribution in [3.05, 3.63) is 0 Å². The molecule has 0 aliphatic heterocycles. The zero-order valence-electron chi connectivity index (χ0n) is 9.25. The van der Waals surface area contributed by atoms with Crippen molar-refractivity contribution in [1.29, 1.82) is 0 Å². The number of hydrogen-bond donors (Lipinski definition) is 1. The van der Waals surface area contributed by atoms with Crippen LogP contribution in [-0.4, -0.2) is 30.7 Å². The summed E-state index contributed by atoms with van der Waals surface area (Å²) in [4.78, 5) is 0. The minimum absolute atomic E-state index is 0.503.